The number of β-amino-alcohol motifs (C(OH)–C–C–N with tert-alkyl or cyclic N) is 1. The molecule has 8 N–H and O–H groups in total. The highest BCUT2D eigenvalue weighted by Crippen LogP contribution is 2.23. The molecule has 2 aromatic rings. The Hall–Kier alpha value is -3.21. The highest BCUT2D eigenvalue weighted by atomic mass is 16.6. The quantitative estimate of drug-likeness (QED) is 0.231. The van der Waals surface area contributed by atoms with Crippen LogP contribution in [-0.2, 0) is 4.74 Å². The summed E-state index contributed by atoms with van der Waals surface area (Å²) in [4.78, 5) is 16.7. The number of nitrogens with two attached hydrogens (primary N) is 2. The smallest absolute Gasteiger partial charge is 0.410 e. The molecule has 1 aliphatic heterocycles. The fourth-order valence-corrected chi connectivity index (χ4v) is 4.51. The van der Waals surface area contributed by atoms with Crippen molar-refractivity contribution in [1.82, 2.24) is 9.80 Å². The molecule has 0 saturated carbocycles. The number of ether oxygens (including phenoxy) is 1. The Morgan fingerprint density at radius 1 is 1.00 bits per heavy atom. The molecule has 1 saturated heterocycles. The molecule has 10 heteroatoms. The highest BCUT2D eigenvalue weighted by molar-refractivity contribution is 5.69. The lowest BCUT2D eigenvalue weighted by Gasteiger charge is -2.43. The maximum Gasteiger partial charge on any atom is 0.410 e. The van der Waals surface area contributed by atoms with Crippen LogP contribution in [0.15, 0.2) is 36.4 Å². The third-order valence-corrected chi connectivity index (χ3v) is 6.27. The lowest BCUT2D eigenvalue weighted by atomic mass is 10.1. The summed E-state index contributed by atoms with van der Waals surface area (Å²) in [7, 11) is 0. The zero-order valence-corrected chi connectivity index (χ0v) is 22.5. The minimum Gasteiger partial charge on any atom is -0.444 e. The van der Waals surface area contributed by atoms with Crippen LogP contribution in [0.4, 0.5) is 27.5 Å². The van der Waals surface area contributed by atoms with Crippen molar-refractivity contribution in [2.45, 2.75) is 65.1 Å². The van der Waals surface area contributed by atoms with Gasteiger partial charge in [0.1, 0.15) is 18.1 Å². The van der Waals surface area contributed by atoms with E-state index in [4.69, 9.17) is 16.2 Å². The number of anilines is 4. The van der Waals surface area contributed by atoms with Gasteiger partial charge >= 0.3 is 6.09 Å². The number of aryl methyl sites for hydroxylation is 2. The van der Waals surface area contributed by atoms with E-state index < -0.39 is 24.2 Å². The second-order valence-corrected chi connectivity index (χ2v) is 10.8. The fourth-order valence-electron chi connectivity index (χ4n) is 4.51. The lowest BCUT2D eigenvalue weighted by molar-refractivity contribution is -0.0133. The van der Waals surface area contributed by atoms with Gasteiger partial charge in [-0.25, -0.2) is 4.79 Å². The molecule has 2 aromatic carbocycles. The van der Waals surface area contributed by atoms with E-state index in [-0.39, 0.29) is 12.5 Å². The Labute approximate surface area is 219 Å². The van der Waals surface area contributed by atoms with E-state index >= 15 is 0 Å². The molecular weight excluding hydrogens is 472 g/mol. The van der Waals surface area contributed by atoms with Gasteiger partial charge in [0.05, 0.1) is 6.04 Å². The Morgan fingerprint density at radius 3 is 2.05 bits per heavy atom. The molecule has 10 nitrogen and oxygen atoms in total. The zero-order valence-electron chi connectivity index (χ0n) is 22.5. The molecule has 0 spiro atoms. The number of rotatable bonds is 8. The molecular formula is C27H42N6O4. The van der Waals surface area contributed by atoms with Gasteiger partial charge in [-0.2, -0.15) is 0 Å². The van der Waals surface area contributed by atoms with Crippen molar-refractivity contribution in [2.24, 2.45) is 0 Å². The molecule has 1 heterocycles. The number of carbonyl (C=O) groups excluding carboxylic acids is 1. The van der Waals surface area contributed by atoms with Crippen LogP contribution in [-0.4, -0.2) is 76.4 Å². The summed E-state index contributed by atoms with van der Waals surface area (Å²) in [5.74, 6) is 0. The molecule has 0 aliphatic carbocycles. The minimum absolute atomic E-state index is 0.278. The van der Waals surface area contributed by atoms with E-state index in [9.17, 15) is 15.0 Å². The van der Waals surface area contributed by atoms with Crippen LogP contribution in [0.25, 0.3) is 0 Å². The van der Waals surface area contributed by atoms with Crippen molar-refractivity contribution in [2.75, 3.05) is 48.3 Å². The van der Waals surface area contributed by atoms with Crippen molar-refractivity contribution < 1.29 is 19.7 Å². The second-order valence-electron chi connectivity index (χ2n) is 10.8. The van der Waals surface area contributed by atoms with Crippen LogP contribution in [0.3, 0.4) is 0 Å². The van der Waals surface area contributed by atoms with E-state index in [1.165, 1.54) is 0 Å². The van der Waals surface area contributed by atoms with Crippen molar-refractivity contribution >= 4 is 28.8 Å². The summed E-state index contributed by atoms with van der Waals surface area (Å²) in [6.45, 7) is 11.1. The van der Waals surface area contributed by atoms with Gasteiger partial charge in [0.25, 0.3) is 0 Å². The molecule has 0 radical (unpaired) electrons. The number of nitrogens with zero attached hydrogens (tertiary/aromatic N) is 2. The van der Waals surface area contributed by atoms with Gasteiger partial charge in [0, 0.05) is 55.3 Å². The number of carbonyl (C=O) groups is 1. The molecule has 3 atom stereocenters. The average Bonchev–Trinajstić information content (AvgIpc) is 2.76. The Balaban J connectivity index is 1.68. The second kappa shape index (κ2) is 11.9. The molecule has 0 aromatic heterocycles. The third-order valence-electron chi connectivity index (χ3n) is 6.27. The van der Waals surface area contributed by atoms with Crippen LogP contribution in [0, 0.1) is 13.8 Å². The number of aliphatic hydroxyl groups is 2. The number of amides is 1. The van der Waals surface area contributed by atoms with Gasteiger partial charge in [-0.05, 0) is 82.1 Å². The van der Waals surface area contributed by atoms with E-state index in [0.717, 1.165) is 22.5 Å². The van der Waals surface area contributed by atoms with Gasteiger partial charge in [0.15, 0.2) is 0 Å². The maximum absolute atomic E-state index is 13.0. The standard InChI is InChI=1S/C27H42N6O4/c1-17-12-19(28)6-8-22(17)30-24(34)14-21-15-32(10-11-33(21)26(36)37-27(3,4)5)16-25(35)31-23-9-7-20(29)13-18(23)2/h6-9,12-13,21,24-25,30-31,34-35H,10-11,14-16,28-29H2,1-5H3. The molecule has 1 aliphatic rings. The van der Waals surface area contributed by atoms with Crippen LogP contribution in [0.2, 0.25) is 0 Å². The summed E-state index contributed by atoms with van der Waals surface area (Å²) in [6.07, 6.45) is -1.86. The van der Waals surface area contributed by atoms with Crippen LogP contribution < -0.4 is 22.1 Å². The van der Waals surface area contributed by atoms with E-state index in [1.54, 1.807) is 17.0 Å². The first kappa shape index (κ1) is 28.4. The van der Waals surface area contributed by atoms with E-state index in [2.05, 4.69) is 15.5 Å². The first-order valence-corrected chi connectivity index (χ1v) is 12.6. The van der Waals surface area contributed by atoms with Crippen molar-refractivity contribution in [3.8, 4) is 0 Å². The summed E-state index contributed by atoms with van der Waals surface area (Å²) in [5.41, 5.74) is 15.8. The van der Waals surface area contributed by atoms with Crippen LogP contribution in [0.5, 0.6) is 0 Å². The van der Waals surface area contributed by atoms with Crippen LogP contribution in [0.1, 0.15) is 38.3 Å². The minimum atomic E-state index is -0.905. The number of benzene rings is 2. The molecule has 3 rings (SSSR count). The fraction of sp³-hybridized carbons (Fsp3) is 0.519. The number of hydrogen-bond donors (Lipinski definition) is 6. The average molecular weight is 515 g/mol. The highest BCUT2D eigenvalue weighted by Gasteiger charge is 2.35. The van der Waals surface area contributed by atoms with Crippen molar-refractivity contribution in [3.05, 3.63) is 47.5 Å². The normalized spacial score (nSPS) is 18.2. The summed E-state index contributed by atoms with van der Waals surface area (Å²) < 4.78 is 5.64. The topological polar surface area (TPSA) is 149 Å². The van der Waals surface area contributed by atoms with Gasteiger partial charge in [0.2, 0.25) is 0 Å². The summed E-state index contributed by atoms with van der Waals surface area (Å²) in [6, 6.07) is 10.6. The monoisotopic (exact) mass is 514 g/mol. The third kappa shape index (κ3) is 8.41. The maximum atomic E-state index is 13.0. The zero-order chi connectivity index (χ0) is 27.3. The number of nitrogen functional groups attached to an aromatic ring is 2. The lowest BCUT2D eigenvalue weighted by Crippen LogP contribution is -2.58. The van der Waals surface area contributed by atoms with Crippen molar-refractivity contribution in [1.29, 1.82) is 0 Å². The predicted octanol–water partition coefficient (Wildman–Crippen LogP) is 2.94. The molecule has 1 fully saturated rings. The van der Waals surface area contributed by atoms with E-state index in [0.29, 0.717) is 37.6 Å². The predicted molar refractivity (Wildman–Crippen MR) is 148 cm³/mol. The Morgan fingerprint density at radius 2 is 1.54 bits per heavy atom. The number of piperazine rings is 1. The number of nitrogens with one attached hydrogen (secondary N) is 2. The Kier molecular flexibility index (Phi) is 9.12. The first-order valence-electron chi connectivity index (χ1n) is 12.6. The van der Waals surface area contributed by atoms with E-state index in [1.807, 2.05) is 58.9 Å². The Bertz CT molecular complexity index is 1070. The molecule has 3 unspecified atom stereocenters. The van der Waals surface area contributed by atoms with Gasteiger partial charge in [-0.1, -0.05) is 0 Å². The summed E-state index contributed by atoms with van der Waals surface area (Å²) >= 11 is 0. The molecule has 37 heavy (non-hydrogen) atoms. The van der Waals surface area contributed by atoms with Crippen molar-refractivity contribution in [3.63, 3.8) is 0 Å². The van der Waals surface area contributed by atoms with Gasteiger partial charge in [-0.3, -0.25) is 4.90 Å². The molecule has 204 valence electrons. The SMILES string of the molecule is Cc1cc(N)ccc1NC(O)CC1CN(CC(O)Nc2ccc(N)cc2C)CCN1C(=O)OC(C)(C)C. The number of aliphatic hydroxyl groups excluding tert-OH is 2. The van der Waals surface area contributed by atoms with Crippen LogP contribution >= 0.6 is 0 Å². The summed E-state index contributed by atoms with van der Waals surface area (Å²) in [5, 5.41) is 27.9. The first-order chi connectivity index (χ1) is 17.3. The largest absolute Gasteiger partial charge is 0.444 e. The molecule has 1 amide bonds. The van der Waals surface area contributed by atoms with Gasteiger partial charge in [-0.15, -0.1) is 0 Å². The van der Waals surface area contributed by atoms with Gasteiger partial charge < -0.3 is 42.0 Å². The molecule has 0 bridgehead atoms. The number of hydrogen-bond acceptors (Lipinski definition) is 9.